The van der Waals surface area contributed by atoms with Crippen LogP contribution in [0.1, 0.15) is 17.5 Å². The molecule has 0 aromatic heterocycles. The Labute approximate surface area is 90.6 Å². The van der Waals surface area contributed by atoms with Crippen LogP contribution in [0.5, 0.6) is 0 Å². The molecule has 78 valence electrons. The van der Waals surface area contributed by atoms with Gasteiger partial charge in [-0.25, -0.2) is 8.78 Å². The predicted octanol–water partition coefficient (Wildman–Crippen LogP) is 2.87. The van der Waals surface area contributed by atoms with Crippen LogP contribution in [0.2, 0.25) is 0 Å². The number of fused-ring (bicyclic) bond motifs is 2. The van der Waals surface area contributed by atoms with E-state index in [1.807, 2.05) is 0 Å². The van der Waals surface area contributed by atoms with Gasteiger partial charge in [-0.05, 0) is 30.5 Å². The number of allylic oxidation sites excluding steroid dienone is 1. The highest BCUT2D eigenvalue weighted by atomic mass is 32.2. The second kappa shape index (κ2) is 3.23. The van der Waals surface area contributed by atoms with Crippen molar-refractivity contribution < 1.29 is 8.78 Å². The molecule has 0 saturated heterocycles. The summed E-state index contributed by atoms with van der Waals surface area (Å²) in [6.07, 6.45) is 1.74. The molecule has 0 radical (unpaired) electrons. The summed E-state index contributed by atoms with van der Waals surface area (Å²) in [5.41, 5.74) is 2.74. The SMILES string of the molecule is Fc1cc2c(cc1F)C1=C(CC2)SCN1. The van der Waals surface area contributed by atoms with Crippen LogP contribution in [0.4, 0.5) is 8.78 Å². The quantitative estimate of drug-likeness (QED) is 0.728. The third-order valence-corrected chi connectivity index (χ3v) is 3.86. The number of benzene rings is 1. The van der Waals surface area contributed by atoms with Crippen molar-refractivity contribution in [2.75, 3.05) is 5.88 Å². The summed E-state index contributed by atoms with van der Waals surface area (Å²) in [5, 5.41) is 3.21. The van der Waals surface area contributed by atoms with Crippen molar-refractivity contribution in [2.24, 2.45) is 0 Å². The van der Waals surface area contributed by atoms with E-state index < -0.39 is 11.6 Å². The van der Waals surface area contributed by atoms with Crippen LogP contribution in [-0.4, -0.2) is 5.88 Å². The minimum absolute atomic E-state index is 0.747. The Balaban J connectivity index is 2.19. The highest BCUT2D eigenvalue weighted by Crippen LogP contribution is 2.39. The fourth-order valence-corrected chi connectivity index (χ4v) is 3.05. The average Bonchev–Trinajstić information content (AvgIpc) is 2.68. The summed E-state index contributed by atoms with van der Waals surface area (Å²) >= 11 is 1.75. The van der Waals surface area contributed by atoms with Crippen LogP contribution >= 0.6 is 11.8 Å². The molecule has 0 bridgehead atoms. The van der Waals surface area contributed by atoms with Gasteiger partial charge in [-0.15, -0.1) is 11.8 Å². The molecule has 15 heavy (non-hydrogen) atoms. The van der Waals surface area contributed by atoms with Gasteiger partial charge in [0.05, 0.1) is 11.6 Å². The van der Waals surface area contributed by atoms with E-state index in [9.17, 15) is 8.78 Å². The third-order valence-electron chi connectivity index (χ3n) is 2.81. The van der Waals surface area contributed by atoms with E-state index in [-0.39, 0.29) is 0 Å². The minimum atomic E-state index is -0.763. The Kier molecular flexibility index (Phi) is 1.99. The first kappa shape index (κ1) is 9.21. The zero-order valence-corrected chi connectivity index (χ0v) is 8.76. The van der Waals surface area contributed by atoms with E-state index in [0.717, 1.165) is 35.5 Å². The van der Waals surface area contributed by atoms with E-state index in [0.29, 0.717) is 0 Å². The molecule has 0 unspecified atom stereocenters. The third kappa shape index (κ3) is 1.35. The number of hydrogen-bond donors (Lipinski definition) is 1. The zero-order valence-electron chi connectivity index (χ0n) is 7.94. The van der Waals surface area contributed by atoms with Gasteiger partial charge in [0.15, 0.2) is 11.6 Å². The van der Waals surface area contributed by atoms with E-state index in [2.05, 4.69) is 5.32 Å². The highest BCUT2D eigenvalue weighted by Gasteiger charge is 2.24. The number of thioether (sulfide) groups is 1. The van der Waals surface area contributed by atoms with Gasteiger partial charge in [0, 0.05) is 10.5 Å². The Morgan fingerprint density at radius 2 is 1.93 bits per heavy atom. The second-order valence-electron chi connectivity index (χ2n) is 3.69. The molecular formula is C11H9F2NS. The zero-order chi connectivity index (χ0) is 10.4. The molecule has 4 heteroatoms. The fraction of sp³-hybridized carbons (Fsp3) is 0.273. The summed E-state index contributed by atoms with van der Waals surface area (Å²) in [7, 11) is 0. The Hall–Kier alpha value is -1.03. The fourth-order valence-electron chi connectivity index (χ4n) is 2.08. The van der Waals surface area contributed by atoms with Gasteiger partial charge < -0.3 is 5.32 Å². The summed E-state index contributed by atoms with van der Waals surface area (Å²) in [6.45, 7) is 0. The maximum Gasteiger partial charge on any atom is 0.159 e. The molecule has 1 nitrogen and oxygen atoms in total. The molecule has 1 aliphatic carbocycles. The van der Waals surface area contributed by atoms with Crippen LogP contribution in [0.25, 0.3) is 5.70 Å². The predicted molar refractivity (Wildman–Crippen MR) is 57.2 cm³/mol. The smallest absolute Gasteiger partial charge is 0.159 e. The molecule has 1 aromatic rings. The molecule has 0 saturated carbocycles. The van der Waals surface area contributed by atoms with Crippen LogP contribution in [0.15, 0.2) is 17.0 Å². The summed E-state index contributed by atoms with van der Waals surface area (Å²) in [6, 6.07) is 2.62. The Morgan fingerprint density at radius 1 is 1.13 bits per heavy atom. The molecule has 1 heterocycles. The normalized spacial score (nSPS) is 18.5. The van der Waals surface area contributed by atoms with Gasteiger partial charge in [-0.3, -0.25) is 0 Å². The van der Waals surface area contributed by atoms with E-state index in [1.165, 1.54) is 17.0 Å². The Morgan fingerprint density at radius 3 is 2.80 bits per heavy atom. The minimum Gasteiger partial charge on any atom is -0.375 e. The maximum atomic E-state index is 13.1. The molecule has 0 spiro atoms. The van der Waals surface area contributed by atoms with Crippen molar-refractivity contribution in [1.82, 2.24) is 5.32 Å². The number of rotatable bonds is 0. The van der Waals surface area contributed by atoms with Crippen molar-refractivity contribution in [1.29, 1.82) is 0 Å². The van der Waals surface area contributed by atoms with Gasteiger partial charge in [0.2, 0.25) is 0 Å². The molecule has 0 amide bonds. The molecule has 0 fully saturated rings. The summed E-state index contributed by atoms with van der Waals surface area (Å²) < 4.78 is 26.2. The first-order valence-electron chi connectivity index (χ1n) is 4.84. The molecule has 1 N–H and O–H groups in total. The largest absolute Gasteiger partial charge is 0.375 e. The highest BCUT2D eigenvalue weighted by molar-refractivity contribution is 8.03. The van der Waals surface area contributed by atoms with E-state index in [4.69, 9.17) is 0 Å². The average molecular weight is 225 g/mol. The molecule has 1 aromatic carbocycles. The maximum absolute atomic E-state index is 13.1. The van der Waals surface area contributed by atoms with Crippen LogP contribution < -0.4 is 5.32 Å². The lowest BCUT2D eigenvalue weighted by molar-refractivity contribution is 0.506. The lowest BCUT2D eigenvalue weighted by Gasteiger charge is -2.18. The topological polar surface area (TPSA) is 12.0 Å². The van der Waals surface area contributed by atoms with Crippen molar-refractivity contribution in [2.45, 2.75) is 12.8 Å². The lowest BCUT2D eigenvalue weighted by atomic mass is 9.94. The standard InChI is InChI=1S/C11H9F2NS/c12-8-3-6-1-2-10-11(14-5-15-10)7(6)4-9(8)13/h3-4,14H,1-2,5H2. The van der Waals surface area contributed by atoms with Gasteiger partial charge in [0.1, 0.15) is 0 Å². The van der Waals surface area contributed by atoms with E-state index >= 15 is 0 Å². The second-order valence-corrected chi connectivity index (χ2v) is 4.76. The van der Waals surface area contributed by atoms with Crippen LogP contribution in [0, 0.1) is 11.6 Å². The van der Waals surface area contributed by atoms with Crippen molar-refractivity contribution in [3.8, 4) is 0 Å². The van der Waals surface area contributed by atoms with Crippen molar-refractivity contribution >= 4 is 17.5 Å². The van der Waals surface area contributed by atoms with Gasteiger partial charge in [0.25, 0.3) is 0 Å². The number of nitrogens with one attached hydrogen (secondary N) is 1. The number of hydrogen-bond acceptors (Lipinski definition) is 2. The summed E-state index contributed by atoms with van der Waals surface area (Å²) in [5.74, 6) is -0.673. The Bertz CT molecular complexity index is 468. The molecule has 1 aliphatic heterocycles. The summed E-state index contributed by atoms with van der Waals surface area (Å²) in [4.78, 5) is 1.27. The van der Waals surface area contributed by atoms with Crippen LogP contribution in [0.3, 0.4) is 0 Å². The monoisotopic (exact) mass is 225 g/mol. The van der Waals surface area contributed by atoms with Crippen molar-refractivity contribution in [3.05, 3.63) is 39.8 Å². The van der Waals surface area contributed by atoms with Crippen molar-refractivity contribution in [3.63, 3.8) is 0 Å². The molecular weight excluding hydrogens is 216 g/mol. The van der Waals surface area contributed by atoms with E-state index in [1.54, 1.807) is 11.8 Å². The lowest BCUT2D eigenvalue weighted by Crippen LogP contribution is -2.11. The molecule has 0 atom stereocenters. The number of aryl methyl sites for hydroxylation is 1. The van der Waals surface area contributed by atoms with Gasteiger partial charge >= 0.3 is 0 Å². The molecule has 3 rings (SSSR count). The van der Waals surface area contributed by atoms with Gasteiger partial charge in [-0.2, -0.15) is 0 Å². The first-order chi connectivity index (χ1) is 7.25. The molecule has 2 aliphatic rings. The number of halogens is 2. The van der Waals surface area contributed by atoms with Gasteiger partial charge in [-0.1, -0.05) is 0 Å². The van der Waals surface area contributed by atoms with Crippen LogP contribution in [-0.2, 0) is 6.42 Å². The first-order valence-corrected chi connectivity index (χ1v) is 5.82.